The number of benzene rings is 1. The first kappa shape index (κ1) is 18.5. The molecular weight excluding hydrogens is 330 g/mol. The molecule has 0 radical (unpaired) electrons. The van der Waals surface area contributed by atoms with E-state index in [1.807, 2.05) is 45.0 Å². The SMILES string of the molecule is Cc1ccccc1-c1noc(CN2CCN(CC(=O)NC(C)C)CC2)n1. The number of amides is 1. The van der Waals surface area contributed by atoms with Gasteiger partial charge in [-0.2, -0.15) is 4.98 Å². The lowest BCUT2D eigenvalue weighted by molar-refractivity contribution is -0.123. The van der Waals surface area contributed by atoms with Gasteiger partial charge in [-0.05, 0) is 26.3 Å². The maximum Gasteiger partial charge on any atom is 0.241 e. The van der Waals surface area contributed by atoms with E-state index in [0.717, 1.165) is 37.3 Å². The van der Waals surface area contributed by atoms with Crippen molar-refractivity contribution < 1.29 is 9.32 Å². The van der Waals surface area contributed by atoms with Gasteiger partial charge in [0.2, 0.25) is 17.6 Å². The molecule has 0 bridgehead atoms. The van der Waals surface area contributed by atoms with E-state index in [2.05, 4.69) is 25.3 Å². The number of nitrogens with zero attached hydrogens (tertiary/aromatic N) is 4. The van der Waals surface area contributed by atoms with E-state index >= 15 is 0 Å². The van der Waals surface area contributed by atoms with Crippen molar-refractivity contribution in [3.8, 4) is 11.4 Å². The molecule has 140 valence electrons. The Morgan fingerprint density at radius 2 is 1.88 bits per heavy atom. The molecular formula is C19H27N5O2. The number of hydrogen-bond acceptors (Lipinski definition) is 6. The van der Waals surface area contributed by atoms with Gasteiger partial charge < -0.3 is 9.84 Å². The van der Waals surface area contributed by atoms with E-state index in [-0.39, 0.29) is 11.9 Å². The predicted molar refractivity (Wildman–Crippen MR) is 99.5 cm³/mol. The summed E-state index contributed by atoms with van der Waals surface area (Å²) in [5.41, 5.74) is 2.14. The van der Waals surface area contributed by atoms with E-state index < -0.39 is 0 Å². The molecule has 1 aliphatic heterocycles. The molecule has 26 heavy (non-hydrogen) atoms. The molecule has 1 aromatic heterocycles. The Kier molecular flexibility index (Phi) is 6.00. The molecule has 7 heteroatoms. The number of aromatic nitrogens is 2. The number of carbonyl (C=O) groups excluding carboxylic acids is 1. The summed E-state index contributed by atoms with van der Waals surface area (Å²) >= 11 is 0. The van der Waals surface area contributed by atoms with Gasteiger partial charge in [0.15, 0.2) is 0 Å². The van der Waals surface area contributed by atoms with E-state index in [1.165, 1.54) is 0 Å². The molecule has 3 rings (SSSR count). The number of hydrogen-bond donors (Lipinski definition) is 1. The number of aryl methyl sites for hydroxylation is 1. The number of rotatable bonds is 6. The van der Waals surface area contributed by atoms with E-state index in [9.17, 15) is 4.79 Å². The highest BCUT2D eigenvalue weighted by molar-refractivity contribution is 5.78. The second kappa shape index (κ2) is 8.42. The Balaban J connectivity index is 1.50. The largest absolute Gasteiger partial charge is 0.353 e. The second-order valence-corrected chi connectivity index (χ2v) is 7.10. The Morgan fingerprint density at radius 1 is 1.19 bits per heavy atom. The fraction of sp³-hybridized carbons (Fsp3) is 0.526. The lowest BCUT2D eigenvalue weighted by atomic mass is 10.1. The van der Waals surface area contributed by atoms with Crippen molar-refractivity contribution in [2.75, 3.05) is 32.7 Å². The Morgan fingerprint density at radius 3 is 2.58 bits per heavy atom. The van der Waals surface area contributed by atoms with Crippen LogP contribution in [0.15, 0.2) is 28.8 Å². The van der Waals surface area contributed by atoms with Crippen molar-refractivity contribution in [3.05, 3.63) is 35.7 Å². The number of piperazine rings is 1. The van der Waals surface area contributed by atoms with Crippen LogP contribution in [0.2, 0.25) is 0 Å². The summed E-state index contributed by atoms with van der Waals surface area (Å²) in [6.07, 6.45) is 0. The molecule has 1 aromatic carbocycles. The normalized spacial score (nSPS) is 16.2. The number of carbonyl (C=O) groups is 1. The minimum atomic E-state index is 0.0909. The highest BCUT2D eigenvalue weighted by Crippen LogP contribution is 2.20. The van der Waals surface area contributed by atoms with Crippen LogP contribution in [0.4, 0.5) is 0 Å². The van der Waals surface area contributed by atoms with Crippen LogP contribution in [0.3, 0.4) is 0 Å². The van der Waals surface area contributed by atoms with Crippen LogP contribution >= 0.6 is 0 Å². The van der Waals surface area contributed by atoms with E-state index in [1.54, 1.807) is 0 Å². The molecule has 1 saturated heterocycles. The summed E-state index contributed by atoms with van der Waals surface area (Å²) < 4.78 is 5.43. The van der Waals surface area contributed by atoms with Crippen LogP contribution < -0.4 is 5.32 Å². The lowest BCUT2D eigenvalue weighted by Crippen LogP contribution is -2.49. The zero-order valence-corrected chi connectivity index (χ0v) is 15.7. The van der Waals surface area contributed by atoms with Crippen LogP contribution in [0.25, 0.3) is 11.4 Å². The molecule has 0 atom stereocenters. The van der Waals surface area contributed by atoms with Gasteiger partial charge in [0.05, 0.1) is 13.1 Å². The summed E-state index contributed by atoms with van der Waals surface area (Å²) in [4.78, 5) is 20.9. The molecule has 1 amide bonds. The third-order valence-electron chi connectivity index (χ3n) is 4.49. The van der Waals surface area contributed by atoms with Gasteiger partial charge in [0, 0.05) is 37.8 Å². The van der Waals surface area contributed by atoms with Crippen molar-refractivity contribution in [1.82, 2.24) is 25.3 Å². The van der Waals surface area contributed by atoms with Crippen molar-refractivity contribution in [2.45, 2.75) is 33.4 Å². The number of nitrogens with one attached hydrogen (secondary N) is 1. The smallest absolute Gasteiger partial charge is 0.241 e. The first-order valence-corrected chi connectivity index (χ1v) is 9.14. The standard InChI is InChI=1S/C19H27N5O2/c1-14(2)20-17(25)12-23-8-10-24(11-9-23)13-18-21-19(22-26-18)16-7-5-4-6-15(16)3/h4-7,14H,8-13H2,1-3H3,(H,20,25). The topological polar surface area (TPSA) is 74.5 Å². The molecule has 0 unspecified atom stereocenters. The summed E-state index contributed by atoms with van der Waals surface area (Å²) in [7, 11) is 0. The third-order valence-corrected chi connectivity index (χ3v) is 4.49. The van der Waals surface area contributed by atoms with E-state index in [4.69, 9.17) is 4.52 Å². The molecule has 7 nitrogen and oxygen atoms in total. The quantitative estimate of drug-likeness (QED) is 0.848. The summed E-state index contributed by atoms with van der Waals surface area (Å²) in [5.74, 6) is 1.37. The first-order valence-electron chi connectivity index (χ1n) is 9.14. The average molecular weight is 357 g/mol. The molecule has 1 fully saturated rings. The van der Waals surface area contributed by atoms with Crippen LogP contribution in [0.5, 0.6) is 0 Å². The van der Waals surface area contributed by atoms with Crippen LogP contribution in [-0.2, 0) is 11.3 Å². The Hall–Kier alpha value is -2.25. The van der Waals surface area contributed by atoms with Gasteiger partial charge in [-0.15, -0.1) is 0 Å². The molecule has 1 N–H and O–H groups in total. The van der Waals surface area contributed by atoms with Crippen molar-refractivity contribution in [3.63, 3.8) is 0 Å². The molecule has 1 aliphatic rings. The zero-order chi connectivity index (χ0) is 18.5. The highest BCUT2D eigenvalue weighted by atomic mass is 16.5. The Labute approximate surface area is 154 Å². The zero-order valence-electron chi connectivity index (χ0n) is 15.7. The van der Waals surface area contributed by atoms with Gasteiger partial charge in [-0.1, -0.05) is 29.4 Å². The maximum atomic E-state index is 11.9. The second-order valence-electron chi connectivity index (χ2n) is 7.10. The molecule has 0 spiro atoms. The third kappa shape index (κ3) is 4.89. The van der Waals surface area contributed by atoms with Gasteiger partial charge in [0.25, 0.3) is 0 Å². The van der Waals surface area contributed by atoms with Crippen molar-refractivity contribution >= 4 is 5.91 Å². The average Bonchev–Trinajstić information content (AvgIpc) is 3.04. The summed E-state index contributed by atoms with van der Waals surface area (Å²) in [6.45, 7) is 10.6. The molecule has 0 aliphatic carbocycles. The van der Waals surface area contributed by atoms with Gasteiger partial charge in [-0.3, -0.25) is 14.6 Å². The first-order chi connectivity index (χ1) is 12.5. The summed E-state index contributed by atoms with van der Waals surface area (Å²) in [6, 6.07) is 8.21. The minimum absolute atomic E-state index is 0.0909. The van der Waals surface area contributed by atoms with E-state index in [0.29, 0.717) is 24.8 Å². The molecule has 2 aromatic rings. The van der Waals surface area contributed by atoms with Crippen LogP contribution in [0.1, 0.15) is 25.3 Å². The monoisotopic (exact) mass is 357 g/mol. The Bertz CT molecular complexity index is 735. The summed E-state index contributed by atoms with van der Waals surface area (Å²) in [5, 5.41) is 7.05. The minimum Gasteiger partial charge on any atom is -0.353 e. The lowest BCUT2D eigenvalue weighted by Gasteiger charge is -2.33. The van der Waals surface area contributed by atoms with Crippen LogP contribution in [-0.4, -0.2) is 64.6 Å². The molecule has 0 saturated carbocycles. The highest BCUT2D eigenvalue weighted by Gasteiger charge is 2.21. The van der Waals surface area contributed by atoms with Crippen LogP contribution in [0, 0.1) is 6.92 Å². The van der Waals surface area contributed by atoms with Gasteiger partial charge in [-0.25, -0.2) is 0 Å². The predicted octanol–water partition coefficient (Wildman–Crippen LogP) is 1.69. The fourth-order valence-electron chi connectivity index (χ4n) is 3.12. The van der Waals surface area contributed by atoms with Gasteiger partial charge in [0.1, 0.15) is 0 Å². The molecule has 2 heterocycles. The van der Waals surface area contributed by atoms with Crippen molar-refractivity contribution in [2.24, 2.45) is 0 Å². The fourth-order valence-corrected chi connectivity index (χ4v) is 3.12. The maximum absolute atomic E-state index is 11.9. The van der Waals surface area contributed by atoms with Gasteiger partial charge >= 0.3 is 0 Å². The van der Waals surface area contributed by atoms with Crippen molar-refractivity contribution in [1.29, 1.82) is 0 Å².